The zero-order chi connectivity index (χ0) is 16.0. The zero-order valence-electron chi connectivity index (χ0n) is 12.6. The lowest BCUT2D eigenvalue weighted by Gasteiger charge is -2.29. The largest absolute Gasteiger partial charge is 0.419 e. The summed E-state index contributed by atoms with van der Waals surface area (Å²) in [6, 6.07) is 4.39. The summed E-state index contributed by atoms with van der Waals surface area (Å²) in [5.41, 5.74) is 7.83. The molecule has 0 aliphatic rings. The monoisotopic (exact) mass is 312 g/mol. The number of hydrogen-bond donors (Lipinski definition) is 1. The molecule has 6 nitrogen and oxygen atoms in total. The molecule has 0 aliphatic heterocycles. The van der Waals surface area contributed by atoms with Crippen molar-refractivity contribution < 1.29 is 12.8 Å². The summed E-state index contributed by atoms with van der Waals surface area (Å²) in [5, 5.41) is 0. The Morgan fingerprint density at radius 1 is 1.38 bits per heavy atom. The molecule has 0 saturated carbocycles. The molecule has 2 aromatic rings. The number of benzene rings is 1. The standard InChI is InChI=1S/C14H20N2O4S/c1-5-16-10-7-6-9(8-11(10)20-13(16)17)12(15)14(2,3)21(4,18)19/h6-8,12H,5,15H2,1-4H3. The first kappa shape index (κ1) is 15.8. The van der Waals surface area contributed by atoms with E-state index in [9.17, 15) is 13.2 Å². The van der Waals surface area contributed by atoms with Gasteiger partial charge in [0.25, 0.3) is 0 Å². The fourth-order valence-corrected chi connectivity index (χ4v) is 2.81. The molecule has 7 heteroatoms. The van der Waals surface area contributed by atoms with E-state index in [4.69, 9.17) is 10.2 Å². The van der Waals surface area contributed by atoms with Crippen LogP contribution in [0.25, 0.3) is 11.1 Å². The summed E-state index contributed by atoms with van der Waals surface area (Å²) in [4.78, 5) is 11.7. The Morgan fingerprint density at radius 3 is 2.52 bits per heavy atom. The highest BCUT2D eigenvalue weighted by molar-refractivity contribution is 7.92. The van der Waals surface area contributed by atoms with E-state index in [-0.39, 0.29) is 0 Å². The van der Waals surface area contributed by atoms with Gasteiger partial charge in [-0.1, -0.05) is 6.07 Å². The number of aromatic nitrogens is 1. The van der Waals surface area contributed by atoms with Gasteiger partial charge in [-0.2, -0.15) is 0 Å². The molecule has 2 N–H and O–H groups in total. The van der Waals surface area contributed by atoms with Gasteiger partial charge in [0.2, 0.25) is 0 Å². The van der Waals surface area contributed by atoms with Crippen molar-refractivity contribution in [2.45, 2.75) is 38.1 Å². The number of nitrogens with two attached hydrogens (primary N) is 1. The second kappa shape index (κ2) is 4.99. The molecular weight excluding hydrogens is 292 g/mol. The number of rotatable bonds is 4. The van der Waals surface area contributed by atoms with Crippen LogP contribution < -0.4 is 11.5 Å². The third-order valence-corrected chi connectivity index (χ3v) is 6.24. The second-order valence-electron chi connectivity index (χ2n) is 5.69. The van der Waals surface area contributed by atoms with Gasteiger partial charge in [-0.15, -0.1) is 0 Å². The molecule has 1 unspecified atom stereocenters. The molecular formula is C14H20N2O4S. The summed E-state index contributed by atoms with van der Waals surface area (Å²) in [6.45, 7) is 5.53. The van der Waals surface area contributed by atoms with Gasteiger partial charge in [0.15, 0.2) is 15.4 Å². The average molecular weight is 312 g/mol. The lowest BCUT2D eigenvalue weighted by Crippen LogP contribution is -2.42. The van der Waals surface area contributed by atoms with Crippen molar-refractivity contribution in [3.63, 3.8) is 0 Å². The fraction of sp³-hybridized carbons (Fsp3) is 0.500. The van der Waals surface area contributed by atoms with Gasteiger partial charge in [-0.05, 0) is 38.5 Å². The summed E-state index contributed by atoms with van der Waals surface area (Å²) >= 11 is 0. The van der Waals surface area contributed by atoms with Gasteiger partial charge in [-0.3, -0.25) is 4.57 Å². The van der Waals surface area contributed by atoms with Crippen LogP contribution in [0.2, 0.25) is 0 Å². The van der Waals surface area contributed by atoms with Crippen molar-refractivity contribution in [3.8, 4) is 0 Å². The average Bonchev–Trinajstić information content (AvgIpc) is 2.70. The highest BCUT2D eigenvalue weighted by Crippen LogP contribution is 2.31. The molecule has 1 atom stereocenters. The maximum absolute atomic E-state index is 11.9. The highest BCUT2D eigenvalue weighted by Gasteiger charge is 2.37. The molecule has 2 rings (SSSR count). The lowest BCUT2D eigenvalue weighted by molar-refractivity contribution is 0.494. The van der Waals surface area contributed by atoms with Gasteiger partial charge in [-0.25, -0.2) is 13.2 Å². The molecule has 0 aliphatic carbocycles. The number of nitrogens with zero attached hydrogens (tertiary/aromatic N) is 1. The second-order valence-corrected chi connectivity index (χ2v) is 8.29. The molecule has 0 bridgehead atoms. The number of fused-ring (bicyclic) bond motifs is 1. The van der Waals surface area contributed by atoms with Gasteiger partial charge >= 0.3 is 5.76 Å². The molecule has 1 heterocycles. The van der Waals surface area contributed by atoms with E-state index in [0.29, 0.717) is 23.2 Å². The van der Waals surface area contributed by atoms with E-state index in [1.54, 1.807) is 32.0 Å². The molecule has 0 amide bonds. The summed E-state index contributed by atoms with van der Waals surface area (Å²) in [6.07, 6.45) is 1.17. The van der Waals surface area contributed by atoms with Crippen molar-refractivity contribution in [2.24, 2.45) is 5.73 Å². The third kappa shape index (κ3) is 2.51. The molecule has 0 saturated heterocycles. The lowest BCUT2D eigenvalue weighted by atomic mass is 9.96. The van der Waals surface area contributed by atoms with E-state index in [0.717, 1.165) is 0 Å². The Labute approximate surface area is 123 Å². The van der Waals surface area contributed by atoms with E-state index in [2.05, 4.69) is 0 Å². The minimum Gasteiger partial charge on any atom is -0.408 e. The molecule has 1 aromatic heterocycles. The van der Waals surface area contributed by atoms with E-state index < -0.39 is 26.4 Å². The van der Waals surface area contributed by atoms with Crippen LogP contribution >= 0.6 is 0 Å². The quantitative estimate of drug-likeness (QED) is 0.921. The first-order chi connectivity index (χ1) is 9.59. The van der Waals surface area contributed by atoms with Gasteiger partial charge in [0.1, 0.15) is 0 Å². The van der Waals surface area contributed by atoms with E-state index >= 15 is 0 Å². The SMILES string of the molecule is CCn1c(=O)oc2cc(C(N)C(C)(C)S(C)(=O)=O)ccc21. The van der Waals surface area contributed by atoms with Crippen molar-refractivity contribution in [3.05, 3.63) is 34.3 Å². The summed E-state index contributed by atoms with van der Waals surface area (Å²) in [5.74, 6) is -0.430. The van der Waals surface area contributed by atoms with Crippen LogP contribution in [0.5, 0.6) is 0 Å². The normalized spacial score (nSPS) is 14.5. The maximum Gasteiger partial charge on any atom is 0.419 e. The minimum absolute atomic E-state index is 0.416. The van der Waals surface area contributed by atoms with E-state index in [1.165, 1.54) is 10.8 Å². The van der Waals surface area contributed by atoms with Crippen molar-refractivity contribution in [1.82, 2.24) is 4.57 Å². The van der Waals surface area contributed by atoms with Gasteiger partial charge < -0.3 is 10.2 Å². The Hall–Kier alpha value is -1.60. The van der Waals surface area contributed by atoms with Crippen molar-refractivity contribution in [2.75, 3.05) is 6.26 Å². The van der Waals surface area contributed by atoms with Gasteiger partial charge in [0, 0.05) is 18.8 Å². The zero-order valence-corrected chi connectivity index (χ0v) is 13.4. The van der Waals surface area contributed by atoms with Crippen LogP contribution in [0.3, 0.4) is 0 Å². The van der Waals surface area contributed by atoms with Crippen LogP contribution in [-0.2, 0) is 16.4 Å². The first-order valence-electron chi connectivity index (χ1n) is 6.68. The molecule has 0 spiro atoms. The molecule has 0 fully saturated rings. The predicted octanol–water partition coefficient (Wildman–Crippen LogP) is 1.44. The molecule has 0 radical (unpaired) electrons. The number of hydrogen-bond acceptors (Lipinski definition) is 5. The van der Waals surface area contributed by atoms with Crippen LogP contribution in [-0.4, -0.2) is 24.0 Å². The Balaban J connectivity index is 2.56. The topological polar surface area (TPSA) is 95.3 Å². The fourth-order valence-electron chi connectivity index (χ4n) is 2.21. The summed E-state index contributed by atoms with van der Waals surface area (Å²) in [7, 11) is -3.33. The highest BCUT2D eigenvalue weighted by atomic mass is 32.2. The molecule has 21 heavy (non-hydrogen) atoms. The number of sulfone groups is 1. The maximum atomic E-state index is 11.9. The van der Waals surface area contributed by atoms with Crippen LogP contribution in [0.1, 0.15) is 32.4 Å². The first-order valence-corrected chi connectivity index (χ1v) is 8.57. The molecule has 116 valence electrons. The minimum atomic E-state index is -3.33. The number of aryl methyl sites for hydroxylation is 1. The van der Waals surface area contributed by atoms with Crippen LogP contribution in [0.4, 0.5) is 0 Å². The third-order valence-electron chi connectivity index (χ3n) is 4.07. The van der Waals surface area contributed by atoms with Crippen LogP contribution in [0.15, 0.2) is 27.4 Å². The number of oxazole rings is 1. The van der Waals surface area contributed by atoms with E-state index in [1.807, 2.05) is 6.92 Å². The van der Waals surface area contributed by atoms with Crippen molar-refractivity contribution in [1.29, 1.82) is 0 Å². The predicted molar refractivity (Wildman–Crippen MR) is 82.0 cm³/mol. The van der Waals surface area contributed by atoms with Gasteiger partial charge in [0.05, 0.1) is 10.3 Å². The van der Waals surface area contributed by atoms with Crippen molar-refractivity contribution >= 4 is 20.9 Å². The Kier molecular flexibility index (Phi) is 3.75. The molecule has 1 aromatic carbocycles. The Bertz CT molecular complexity index is 830. The summed E-state index contributed by atoms with van der Waals surface area (Å²) < 4.78 is 29.3. The Morgan fingerprint density at radius 2 is 2.00 bits per heavy atom. The van der Waals surface area contributed by atoms with Crippen LogP contribution in [0, 0.1) is 0 Å². The smallest absolute Gasteiger partial charge is 0.408 e.